The molecular weight excluding hydrogens is 292 g/mol. The smallest absolute Gasteiger partial charge is 0.341 e. The molecule has 1 unspecified atom stereocenters. The SMILES string of the molecule is CCOC(=O)C(OS(C)(=O)=O)c1ccc2ccccc2c1. The van der Waals surface area contributed by atoms with Crippen molar-refractivity contribution < 1.29 is 22.1 Å². The minimum absolute atomic E-state index is 0.149. The summed E-state index contributed by atoms with van der Waals surface area (Å²) in [6, 6.07) is 12.8. The van der Waals surface area contributed by atoms with E-state index >= 15 is 0 Å². The fourth-order valence-corrected chi connectivity index (χ4v) is 2.53. The summed E-state index contributed by atoms with van der Waals surface area (Å²) in [4.78, 5) is 11.9. The molecule has 0 spiro atoms. The minimum Gasteiger partial charge on any atom is -0.464 e. The van der Waals surface area contributed by atoms with Crippen molar-refractivity contribution in [3.63, 3.8) is 0 Å². The molecule has 2 aromatic rings. The second-order valence-electron chi connectivity index (χ2n) is 4.54. The molecule has 2 aromatic carbocycles. The number of carbonyl (C=O) groups is 1. The molecule has 1 atom stereocenters. The molecule has 0 amide bonds. The van der Waals surface area contributed by atoms with Gasteiger partial charge in [0.1, 0.15) is 0 Å². The number of rotatable bonds is 5. The van der Waals surface area contributed by atoms with E-state index in [0.29, 0.717) is 5.56 Å². The van der Waals surface area contributed by atoms with Gasteiger partial charge in [-0.25, -0.2) is 4.79 Å². The topological polar surface area (TPSA) is 69.7 Å². The molecule has 21 heavy (non-hydrogen) atoms. The van der Waals surface area contributed by atoms with Crippen LogP contribution in [0.25, 0.3) is 10.8 Å². The molecule has 0 saturated carbocycles. The molecule has 2 rings (SSSR count). The zero-order valence-corrected chi connectivity index (χ0v) is 12.6. The van der Waals surface area contributed by atoms with Crippen LogP contribution in [0.5, 0.6) is 0 Å². The third-order valence-electron chi connectivity index (χ3n) is 2.85. The van der Waals surface area contributed by atoms with Gasteiger partial charge in [-0.1, -0.05) is 36.4 Å². The van der Waals surface area contributed by atoms with Crippen LogP contribution in [0.15, 0.2) is 42.5 Å². The van der Waals surface area contributed by atoms with Gasteiger partial charge in [0.25, 0.3) is 10.1 Å². The van der Waals surface area contributed by atoms with Crippen molar-refractivity contribution in [2.45, 2.75) is 13.0 Å². The monoisotopic (exact) mass is 308 g/mol. The van der Waals surface area contributed by atoms with Gasteiger partial charge in [-0.2, -0.15) is 8.42 Å². The standard InChI is InChI=1S/C15H16O5S/c1-3-19-15(16)14(20-21(2,17)18)13-9-8-11-6-4-5-7-12(11)10-13/h4-10,14H,3H2,1-2H3. The average Bonchev–Trinajstić information content (AvgIpc) is 2.43. The lowest BCUT2D eigenvalue weighted by atomic mass is 10.0. The highest BCUT2D eigenvalue weighted by molar-refractivity contribution is 7.86. The van der Waals surface area contributed by atoms with E-state index < -0.39 is 22.2 Å². The summed E-state index contributed by atoms with van der Waals surface area (Å²) in [5.41, 5.74) is 0.442. The summed E-state index contributed by atoms with van der Waals surface area (Å²) in [6.07, 6.45) is -0.384. The van der Waals surface area contributed by atoms with Crippen molar-refractivity contribution in [3.8, 4) is 0 Å². The lowest BCUT2D eigenvalue weighted by molar-refractivity contribution is -0.151. The number of carbonyl (C=O) groups excluding carboxylic acids is 1. The van der Waals surface area contributed by atoms with E-state index in [1.54, 1.807) is 19.1 Å². The Morgan fingerprint density at radius 2 is 1.81 bits per heavy atom. The van der Waals surface area contributed by atoms with Crippen LogP contribution < -0.4 is 0 Å². The van der Waals surface area contributed by atoms with Crippen molar-refractivity contribution in [2.75, 3.05) is 12.9 Å². The van der Waals surface area contributed by atoms with Crippen LogP contribution in [0.3, 0.4) is 0 Å². The Morgan fingerprint density at radius 3 is 2.43 bits per heavy atom. The Hall–Kier alpha value is -1.92. The molecule has 0 N–H and O–H groups in total. The van der Waals surface area contributed by atoms with Gasteiger partial charge in [-0.3, -0.25) is 4.18 Å². The van der Waals surface area contributed by atoms with E-state index in [2.05, 4.69) is 0 Å². The molecule has 0 bridgehead atoms. The number of ether oxygens (including phenoxy) is 1. The molecule has 0 saturated heterocycles. The van der Waals surface area contributed by atoms with Gasteiger partial charge in [0.15, 0.2) is 6.10 Å². The molecular formula is C15H16O5S. The Bertz CT molecular complexity index is 752. The number of esters is 1. The van der Waals surface area contributed by atoms with Crippen LogP contribution in [0, 0.1) is 0 Å². The van der Waals surface area contributed by atoms with Gasteiger partial charge in [0.2, 0.25) is 0 Å². The first-order valence-corrected chi connectivity index (χ1v) is 8.26. The number of hydrogen-bond donors (Lipinski definition) is 0. The highest BCUT2D eigenvalue weighted by Gasteiger charge is 2.27. The van der Waals surface area contributed by atoms with Crippen molar-refractivity contribution in [3.05, 3.63) is 48.0 Å². The van der Waals surface area contributed by atoms with Gasteiger partial charge in [0.05, 0.1) is 12.9 Å². The van der Waals surface area contributed by atoms with Crippen LogP contribution in [-0.4, -0.2) is 27.2 Å². The second kappa shape index (κ2) is 6.24. The van der Waals surface area contributed by atoms with E-state index in [0.717, 1.165) is 17.0 Å². The van der Waals surface area contributed by atoms with Crippen LogP contribution in [0.4, 0.5) is 0 Å². The zero-order valence-electron chi connectivity index (χ0n) is 11.8. The van der Waals surface area contributed by atoms with Gasteiger partial charge in [-0.15, -0.1) is 0 Å². The fraction of sp³-hybridized carbons (Fsp3) is 0.267. The second-order valence-corrected chi connectivity index (χ2v) is 6.14. The summed E-state index contributed by atoms with van der Waals surface area (Å²) in [7, 11) is -3.79. The van der Waals surface area contributed by atoms with Crippen molar-refractivity contribution >= 4 is 26.9 Å². The van der Waals surface area contributed by atoms with Crippen molar-refractivity contribution in [1.82, 2.24) is 0 Å². The highest BCUT2D eigenvalue weighted by Crippen LogP contribution is 2.25. The molecule has 5 nitrogen and oxygen atoms in total. The summed E-state index contributed by atoms with van der Waals surface area (Å²) in [6.45, 7) is 1.80. The molecule has 0 fully saturated rings. The predicted molar refractivity (Wildman–Crippen MR) is 79.3 cm³/mol. The molecule has 0 radical (unpaired) electrons. The van der Waals surface area contributed by atoms with Gasteiger partial charge in [0, 0.05) is 0 Å². The maximum Gasteiger partial charge on any atom is 0.341 e. The minimum atomic E-state index is -3.79. The van der Waals surface area contributed by atoms with Crippen LogP contribution in [0.2, 0.25) is 0 Å². The number of benzene rings is 2. The van der Waals surface area contributed by atoms with E-state index in [9.17, 15) is 13.2 Å². The molecule has 112 valence electrons. The Balaban J connectivity index is 2.44. The molecule has 0 aliphatic carbocycles. The summed E-state index contributed by atoms with van der Waals surface area (Å²) >= 11 is 0. The van der Waals surface area contributed by atoms with Crippen molar-refractivity contribution in [2.24, 2.45) is 0 Å². The molecule has 0 aliphatic heterocycles. The lowest BCUT2D eigenvalue weighted by Crippen LogP contribution is -2.21. The largest absolute Gasteiger partial charge is 0.464 e. The Kier molecular flexibility index (Phi) is 4.59. The first-order chi connectivity index (χ1) is 9.90. The summed E-state index contributed by atoms with van der Waals surface area (Å²) in [5, 5.41) is 1.88. The summed E-state index contributed by atoms with van der Waals surface area (Å²) < 4.78 is 32.5. The van der Waals surface area contributed by atoms with Crippen LogP contribution in [-0.2, 0) is 23.8 Å². The van der Waals surface area contributed by atoms with Gasteiger partial charge in [-0.05, 0) is 29.3 Å². The average molecular weight is 308 g/mol. The third kappa shape index (κ3) is 4.03. The Labute approximate surface area is 123 Å². The molecule has 0 aromatic heterocycles. The summed E-state index contributed by atoms with van der Waals surface area (Å²) in [5.74, 6) is -0.724. The van der Waals surface area contributed by atoms with E-state index in [4.69, 9.17) is 8.92 Å². The molecule has 6 heteroatoms. The molecule has 0 heterocycles. The number of hydrogen-bond acceptors (Lipinski definition) is 5. The lowest BCUT2D eigenvalue weighted by Gasteiger charge is -2.15. The number of fused-ring (bicyclic) bond motifs is 1. The fourth-order valence-electron chi connectivity index (χ4n) is 1.99. The third-order valence-corrected chi connectivity index (χ3v) is 3.39. The maximum atomic E-state index is 11.9. The first kappa shape index (κ1) is 15.5. The predicted octanol–water partition coefficient (Wildman–Crippen LogP) is 2.42. The van der Waals surface area contributed by atoms with Crippen LogP contribution >= 0.6 is 0 Å². The van der Waals surface area contributed by atoms with Crippen LogP contribution in [0.1, 0.15) is 18.6 Å². The highest BCUT2D eigenvalue weighted by atomic mass is 32.2. The van der Waals surface area contributed by atoms with E-state index in [-0.39, 0.29) is 6.61 Å². The maximum absolute atomic E-state index is 11.9. The van der Waals surface area contributed by atoms with E-state index in [1.165, 1.54) is 0 Å². The first-order valence-electron chi connectivity index (χ1n) is 6.44. The Morgan fingerprint density at radius 1 is 1.14 bits per heavy atom. The zero-order chi connectivity index (χ0) is 15.5. The van der Waals surface area contributed by atoms with Gasteiger partial charge >= 0.3 is 5.97 Å². The molecule has 0 aliphatic rings. The quantitative estimate of drug-likeness (QED) is 0.626. The van der Waals surface area contributed by atoms with Gasteiger partial charge < -0.3 is 4.74 Å². The van der Waals surface area contributed by atoms with Crippen molar-refractivity contribution in [1.29, 1.82) is 0 Å². The normalized spacial score (nSPS) is 13.0. The van der Waals surface area contributed by atoms with E-state index in [1.807, 2.05) is 30.3 Å².